The summed E-state index contributed by atoms with van der Waals surface area (Å²) in [5.41, 5.74) is 0. The minimum atomic E-state index is -1.10. The second-order valence-electron chi connectivity index (χ2n) is 3.68. The number of ether oxygens (including phenoxy) is 1. The van der Waals surface area contributed by atoms with E-state index in [1.165, 1.54) is 0 Å². The van der Waals surface area contributed by atoms with Crippen LogP contribution in [0, 0.1) is 28.6 Å². The van der Waals surface area contributed by atoms with E-state index in [0.717, 1.165) is 25.9 Å². The molecule has 15 heavy (non-hydrogen) atoms. The Morgan fingerprint density at radius 1 is 1.40 bits per heavy atom. The topological polar surface area (TPSA) is 73.9 Å². The molecule has 0 amide bonds. The largest absolute Gasteiger partial charge is 0.378 e. The lowest BCUT2D eigenvalue weighted by Crippen LogP contribution is -2.21. The van der Waals surface area contributed by atoms with Crippen LogP contribution in [-0.4, -0.2) is 18.5 Å². The van der Waals surface area contributed by atoms with Crippen molar-refractivity contribution in [2.24, 2.45) is 5.92 Å². The summed E-state index contributed by atoms with van der Waals surface area (Å²) in [6.45, 7) is 0.763. The minimum absolute atomic E-state index is 0.140. The van der Waals surface area contributed by atoms with E-state index in [0.29, 0.717) is 6.42 Å². The van der Waals surface area contributed by atoms with Gasteiger partial charge in [-0.15, -0.1) is 0 Å². The maximum absolute atomic E-state index is 11.3. The van der Waals surface area contributed by atoms with Crippen LogP contribution in [0.5, 0.6) is 0 Å². The molecule has 1 unspecified atom stereocenters. The van der Waals surface area contributed by atoms with Crippen LogP contribution in [0.1, 0.15) is 32.1 Å². The summed E-state index contributed by atoms with van der Waals surface area (Å²) >= 11 is 0. The first-order chi connectivity index (χ1) is 7.27. The predicted octanol–water partition coefficient (Wildman–Crippen LogP) is 1.57. The van der Waals surface area contributed by atoms with Gasteiger partial charge in [0, 0.05) is 13.0 Å². The summed E-state index contributed by atoms with van der Waals surface area (Å²) in [6.07, 6.45) is 4.26. The standard InChI is InChI=1S/C11H14N2O2/c12-7-9(8-13)11(14)5-4-10-3-1-2-6-15-10/h9-10H,1-6H2. The highest BCUT2D eigenvalue weighted by molar-refractivity contribution is 5.85. The zero-order chi connectivity index (χ0) is 11.1. The first-order valence-electron chi connectivity index (χ1n) is 5.21. The van der Waals surface area contributed by atoms with Gasteiger partial charge in [-0.25, -0.2) is 0 Å². The van der Waals surface area contributed by atoms with Gasteiger partial charge in [0.05, 0.1) is 18.2 Å². The Kier molecular flexibility index (Phi) is 4.80. The normalized spacial score (nSPS) is 20.6. The number of Topliss-reactive ketones (excluding diaryl/α,β-unsaturated/α-hetero) is 1. The molecule has 0 aliphatic carbocycles. The van der Waals surface area contributed by atoms with Gasteiger partial charge in [-0.05, 0) is 25.7 Å². The molecule has 0 aromatic heterocycles. The van der Waals surface area contributed by atoms with Crippen molar-refractivity contribution < 1.29 is 9.53 Å². The number of carbonyl (C=O) groups excluding carboxylic acids is 1. The van der Waals surface area contributed by atoms with Crippen molar-refractivity contribution in [2.45, 2.75) is 38.2 Å². The monoisotopic (exact) mass is 206 g/mol. The van der Waals surface area contributed by atoms with Crippen molar-refractivity contribution in [3.8, 4) is 12.1 Å². The lowest BCUT2D eigenvalue weighted by Gasteiger charge is -2.22. The molecule has 4 nitrogen and oxygen atoms in total. The van der Waals surface area contributed by atoms with E-state index in [2.05, 4.69) is 0 Å². The van der Waals surface area contributed by atoms with Crippen LogP contribution in [0.15, 0.2) is 0 Å². The molecule has 1 fully saturated rings. The molecule has 1 saturated heterocycles. The van der Waals surface area contributed by atoms with Gasteiger partial charge in [0.1, 0.15) is 0 Å². The summed E-state index contributed by atoms with van der Waals surface area (Å²) < 4.78 is 5.46. The third-order valence-corrected chi connectivity index (χ3v) is 2.57. The minimum Gasteiger partial charge on any atom is -0.378 e. The van der Waals surface area contributed by atoms with Crippen LogP contribution < -0.4 is 0 Å². The molecule has 1 atom stereocenters. The van der Waals surface area contributed by atoms with E-state index >= 15 is 0 Å². The molecule has 0 aromatic carbocycles. The molecule has 0 N–H and O–H groups in total. The van der Waals surface area contributed by atoms with Gasteiger partial charge in [-0.1, -0.05) is 0 Å². The third kappa shape index (κ3) is 3.69. The molecule has 0 saturated carbocycles. The maximum atomic E-state index is 11.3. The van der Waals surface area contributed by atoms with E-state index in [1.807, 2.05) is 0 Å². The zero-order valence-electron chi connectivity index (χ0n) is 8.61. The summed E-state index contributed by atoms with van der Waals surface area (Å²) in [5.74, 6) is -1.39. The Labute approximate surface area is 89.4 Å². The van der Waals surface area contributed by atoms with Crippen molar-refractivity contribution in [1.29, 1.82) is 10.5 Å². The van der Waals surface area contributed by atoms with Crippen molar-refractivity contribution in [3.05, 3.63) is 0 Å². The maximum Gasteiger partial charge on any atom is 0.191 e. The fourth-order valence-corrected chi connectivity index (χ4v) is 1.66. The van der Waals surface area contributed by atoms with Gasteiger partial charge in [0.15, 0.2) is 11.7 Å². The average molecular weight is 206 g/mol. The first-order valence-corrected chi connectivity index (χ1v) is 5.21. The lowest BCUT2D eigenvalue weighted by atomic mass is 9.98. The number of hydrogen-bond donors (Lipinski definition) is 0. The zero-order valence-corrected chi connectivity index (χ0v) is 8.61. The van der Waals surface area contributed by atoms with E-state index in [9.17, 15) is 4.79 Å². The number of nitriles is 2. The van der Waals surface area contributed by atoms with Crippen molar-refractivity contribution in [1.82, 2.24) is 0 Å². The van der Waals surface area contributed by atoms with Crippen molar-refractivity contribution >= 4 is 5.78 Å². The molecular weight excluding hydrogens is 192 g/mol. The second-order valence-corrected chi connectivity index (χ2v) is 3.68. The summed E-state index contributed by atoms with van der Waals surface area (Å²) in [7, 11) is 0. The van der Waals surface area contributed by atoms with Crippen LogP contribution in [0.25, 0.3) is 0 Å². The summed E-state index contributed by atoms with van der Waals surface area (Å²) in [5, 5.41) is 17.0. The fourth-order valence-electron chi connectivity index (χ4n) is 1.66. The molecule has 0 spiro atoms. The van der Waals surface area contributed by atoms with Crippen LogP contribution in [0.2, 0.25) is 0 Å². The highest BCUT2D eigenvalue weighted by Gasteiger charge is 2.20. The Morgan fingerprint density at radius 3 is 2.67 bits per heavy atom. The number of carbonyl (C=O) groups is 1. The van der Waals surface area contributed by atoms with Gasteiger partial charge in [0.25, 0.3) is 0 Å². The summed E-state index contributed by atoms with van der Waals surface area (Å²) in [6, 6.07) is 3.38. The lowest BCUT2D eigenvalue weighted by molar-refractivity contribution is -0.121. The van der Waals surface area contributed by atoms with E-state index < -0.39 is 5.92 Å². The second kappa shape index (κ2) is 6.16. The number of ketones is 1. The molecule has 1 aliphatic heterocycles. The van der Waals surface area contributed by atoms with Crippen LogP contribution >= 0.6 is 0 Å². The molecule has 0 radical (unpaired) electrons. The molecular formula is C11H14N2O2. The molecule has 0 bridgehead atoms. The molecule has 4 heteroatoms. The molecule has 1 rings (SSSR count). The molecule has 0 aromatic rings. The highest BCUT2D eigenvalue weighted by Crippen LogP contribution is 2.17. The Hall–Kier alpha value is -1.39. The van der Waals surface area contributed by atoms with Gasteiger partial charge in [-0.2, -0.15) is 10.5 Å². The fraction of sp³-hybridized carbons (Fsp3) is 0.727. The van der Waals surface area contributed by atoms with Crippen LogP contribution in [0.4, 0.5) is 0 Å². The quantitative estimate of drug-likeness (QED) is 0.699. The Bertz CT molecular complexity index is 281. The van der Waals surface area contributed by atoms with Gasteiger partial charge in [0.2, 0.25) is 0 Å². The molecule has 1 heterocycles. The highest BCUT2D eigenvalue weighted by atomic mass is 16.5. The van der Waals surface area contributed by atoms with E-state index in [4.69, 9.17) is 15.3 Å². The Morgan fingerprint density at radius 2 is 2.13 bits per heavy atom. The van der Waals surface area contributed by atoms with Crippen LogP contribution in [-0.2, 0) is 9.53 Å². The molecule has 1 aliphatic rings. The number of rotatable bonds is 4. The van der Waals surface area contributed by atoms with Crippen molar-refractivity contribution in [2.75, 3.05) is 6.61 Å². The van der Waals surface area contributed by atoms with Crippen LogP contribution in [0.3, 0.4) is 0 Å². The predicted molar refractivity (Wildman–Crippen MR) is 52.5 cm³/mol. The smallest absolute Gasteiger partial charge is 0.191 e. The number of hydrogen-bond acceptors (Lipinski definition) is 4. The van der Waals surface area contributed by atoms with Gasteiger partial charge in [-0.3, -0.25) is 4.79 Å². The third-order valence-electron chi connectivity index (χ3n) is 2.57. The van der Waals surface area contributed by atoms with E-state index in [-0.39, 0.29) is 18.3 Å². The van der Waals surface area contributed by atoms with E-state index in [1.54, 1.807) is 12.1 Å². The van der Waals surface area contributed by atoms with Gasteiger partial charge < -0.3 is 4.74 Å². The Balaban J connectivity index is 2.27. The molecule has 80 valence electrons. The number of nitrogens with zero attached hydrogens (tertiary/aromatic N) is 2. The van der Waals surface area contributed by atoms with Gasteiger partial charge >= 0.3 is 0 Å². The first kappa shape index (κ1) is 11.7. The van der Waals surface area contributed by atoms with Crippen molar-refractivity contribution in [3.63, 3.8) is 0 Å². The SMILES string of the molecule is N#CC(C#N)C(=O)CCC1CCCCO1. The summed E-state index contributed by atoms with van der Waals surface area (Å²) in [4.78, 5) is 11.3. The average Bonchev–Trinajstić information content (AvgIpc) is 2.29.